The topological polar surface area (TPSA) is 121 Å². The molecule has 0 unspecified atom stereocenters. The van der Waals surface area contributed by atoms with Gasteiger partial charge in [0.05, 0.1) is 6.61 Å². The van der Waals surface area contributed by atoms with E-state index in [1.165, 1.54) is 20.8 Å². The third kappa shape index (κ3) is 4.64. The number of anilines is 1. The zero-order valence-electron chi connectivity index (χ0n) is 15.9. The van der Waals surface area contributed by atoms with E-state index in [1.54, 1.807) is 31.2 Å². The number of carbonyl (C=O) groups is 3. The van der Waals surface area contributed by atoms with Crippen LogP contribution in [0, 0.1) is 6.92 Å². The van der Waals surface area contributed by atoms with Gasteiger partial charge in [-0.25, -0.2) is 4.79 Å². The van der Waals surface area contributed by atoms with Crippen molar-refractivity contribution in [3.63, 3.8) is 0 Å². The fourth-order valence-electron chi connectivity index (χ4n) is 2.41. The Kier molecular flexibility index (Phi) is 6.35. The minimum atomic E-state index is -1.34. The van der Waals surface area contributed by atoms with E-state index in [9.17, 15) is 14.4 Å². The zero-order valence-corrected chi connectivity index (χ0v) is 16.7. The molecule has 2 aromatic rings. The first kappa shape index (κ1) is 21.3. The Balaban J connectivity index is 2.29. The third-order valence-electron chi connectivity index (χ3n) is 3.77. The number of primary amides is 1. The zero-order chi connectivity index (χ0) is 21.1. The molecule has 0 spiro atoms. The van der Waals surface area contributed by atoms with Crippen LogP contribution in [-0.4, -0.2) is 30.0 Å². The number of hydrogen-bond acceptors (Lipinski definition) is 6. The van der Waals surface area contributed by atoms with Crippen molar-refractivity contribution in [3.8, 4) is 5.75 Å². The maximum absolute atomic E-state index is 12.7. The van der Waals surface area contributed by atoms with Crippen LogP contribution in [0.3, 0.4) is 0 Å². The molecule has 3 N–H and O–H groups in total. The summed E-state index contributed by atoms with van der Waals surface area (Å²) in [5.41, 5.74) is 3.66. The van der Waals surface area contributed by atoms with Gasteiger partial charge >= 0.3 is 5.97 Å². The second-order valence-corrected chi connectivity index (χ2v) is 6.78. The van der Waals surface area contributed by atoms with Gasteiger partial charge in [0, 0.05) is 5.02 Å². The molecular formula is C19H21ClN2O6. The lowest BCUT2D eigenvalue weighted by molar-refractivity contribution is -0.128. The Labute approximate surface area is 166 Å². The van der Waals surface area contributed by atoms with Crippen LogP contribution >= 0.6 is 11.6 Å². The number of halogens is 1. The van der Waals surface area contributed by atoms with Crippen LogP contribution in [0.5, 0.6) is 5.75 Å². The summed E-state index contributed by atoms with van der Waals surface area (Å²) in [6.45, 7) is 6.25. The van der Waals surface area contributed by atoms with Crippen LogP contribution in [0.25, 0.3) is 0 Å². The van der Waals surface area contributed by atoms with Crippen molar-refractivity contribution < 1.29 is 28.3 Å². The summed E-state index contributed by atoms with van der Waals surface area (Å²) in [4.78, 5) is 36.7. The van der Waals surface area contributed by atoms with Crippen molar-refractivity contribution >= 4 is 35.3 Å². The van der Waals surface area contributed by atoms with Gasteiger partial charge in [0.25, 0.3) is 11.8 Å². The Bertz CT molecular complexity index is 902. The van der Waals surface area contributed by atoms with Crippen molar-refractivity contribution in [1.82, 2.24) is 0 Å². The lowest BCUT2D eigenvalue weighted by Crippen LogP contribution is -2.42. The highest BCUT2D eigenvalue weighted by molar-refractivity contribution is 6.30. The first-order valence-corrected chi connectivity index (χ1v) is 8.81. The Morgan fingerprint density at radius 3 is 2.32 bits per heavy atom. The monoisotopic (exact) mass is 408 g/mol. The first-order valence-electron chi connectivity index (χ1n) is 8.43. The number of nitrogens with one attached hydrogen (secondary N) is 1. The van der Waals surface area contributed by atoms with Gasteiger partial charge in [-0.2, -0.15) is 0 Å². The molecular weight excluding hydrogens is 388 g/mol. The lowest BCUT2D eigenvalue weighted by Gasteiger charge is -2.25. The molecule has 2 amide bonds. The highest BCUT2D eigenvalue weighted by atomic mass is 35.5. The first-order chi connectivity index (χ1) is 13.1. The van der Waals surface area contributed by atoms with E-state index in [2.05, 4.69) is 5.32 Å². The predicted molar refractivity (Wildman–Crippen MR) is 103 cm³/mol. The molecule has 0 aliphatic carbocycles. The van der Waals surface area contributed by atoms with Gasteiger partial charge in [-0.3, -0.25) is 14.9 Å². The number of aryl methyl sites for hydroxylation is 1. The summed E-state index contributed by atoms with van der Waals surface area (Å²) >= 11 is 5.84. The SMILES string of the molecule is CCOC(=O)c1c(C)oc(NC(=O)C(C)(C)Oc2ccc(Cl)cc2)c1C(N)=O. The predicted octanol–water partition coefficient (Wildman–Crippen LogP) is 3.31. The van der Waals surface area contributed by atoms with Crippen LogP contribution in [0.1, 0.15) is 47.2 Å². The van der Waals surface area contributed by atoms with Gasteiger partial charge in [0.1, 0.15) is 22.6 Å². The molecule has 1 heterocycles. The number of amides is 2. The minimum absolute atomic E-state index is 0.0963. The fourth-order valence-corrected chi connectivity index (χ4v) is 2.54. The van der Waals surface area contributed by atoms with E-state index in [0.29, 0.717) is 10.8 Å². The molecule has 1 aromatic heterocycles. The summed E-state index contributed by atoms with van der Waals surface area (Å²) in [6, 6.07) is 6.47. The Morgan fingerprint density at radius 1 is 1.18 bits per heavy atom. The van der Waals surface area contributed by atoms with Gasteiger partial charge in [-0.05, 0) is 52.0 Å². The maximum Gasteiger partial charge on any atom is 0.342 e. The molecule has 0 aliphatic rings. The van der Waals surface area contributed by atoms with Gasteiger partial charge in [0.15, 0.2) is 5.60 Å². The summed E-state index contributed by atoms with van der Waals surface area (Å²) < 4.78 is 16.0. The van der Waals surface area contributed by atoms with E-state index < -0.39 is 23.4 Å². The van der Waals surface area contributed by atoms with E-state index in [-0.39, 0.29) is 29.4 Å². The number of furan rings is 1. The van der Waals surface area contributed by atoms with Crippen molar-refractivity contribution in [1.29, 1.82) is 0 Å². The quantitative estimate of drug-likeness (QED) is 0.678. The number of ether oxygens (including phenoxy) is 2. The van der Waals surface area contributed by atoms with Gasteiger partial charge in [-0.1, -0.05) is 11.6 Å². The van der Waals surface area contributed by atoms with Gasteiger partial charge in [0.2, 0.25) is 5.88 Å². The van der Waals surface area contributed by atoms with Crippen molar-refractivity contribution in [2.45, 2.75) is 33.3 Å². The standard InChI is InChI=1S/C19H21ClN2O6/c1-5-26-17(24)13-10(2)27-16(14(13)15(21)23)22-18(25)19(3,4)28-12-8-6-11(20)7-9-12/h6-9H,5H2,1-4H3,(H2,21,23)(H,22,25). The largest absolute Gasteiger partial charge is 0.478 e. The molecule has 1 aromatic carbocycles. The molecule has 2 rings (SSSR count). The number of rotatable bonds is 7. The van der Waals surface area contributed by atoms with E-state index in [1.807, 2.05) is 0 Å². The number of benzene rings is 1. The van der Waals surface area contributed by atoms with Gasteiger partial charge in [-0.15, -0.1) is 0 Å². The Hall–Kier alpha value is -3.00. The molecule has 0 aliphatic heterocycles. The maximum atomic E-state index is 12.7. The summed E-state index contributed by atoms with van der Waals surface area (Å²) in [7, 11) is 0. The fraction of sp³-hybridized carbons (Fsp3) is 0.316. The number of carbonyl (C=O) groups excluding carboxylic acids is 3. The highest BCUT2D eigenvalue weighted by Crippen LogP contribution is 2.29. The van der Waals surface area contributed by atoms with Crippen LogP contribution in [0.15, 0.2) is 28.7 Å². The molecule has 0 radical (unpaired) electrons. The summed E-state index contributed by atoms with van der Waals surface area (Å²) in [6.07, 6.45) is 0. The average molecular weight is 409 g/mol. The molecule has 0 atom stereocenters. The third-order valence-corrected chi connectivity index (χ3v) is 4.02. The smallest absolute Gasteiger partial charge is 0.342 e. The number of nitrogens with two attached hydrogens (primary N) is 1. The van der Waals surface area contributed by atoms with E-state index in [4.69, 9.17) is 31.2 Å². The van der Waals surface area contributed by atoms with E-state index >= 15 is 0 Å². The average Bonchev–Trinajstić information content (AvgIpc) is 2.93. The number of hydrogen-bond donors (Lipinski definition) is 2. The molecule has 28 heavy (non-hydrogen) atoms. The molecule has 0 saturated carbocycles. The molecule has 0 fully saturated rings. The highest BCUT2D eigenvalue weighted by Gasteiger charge is 2.34. The van der Waals surface area contributed by atoms with Crippen molar-refractivity contribution in [2.24, 2.45) is 5.73 Å². The molecule has 8 nitrogen and oxygen atoms in total. The second kappa shape index (κ2) is 8.35. The molecule has 0 bridgehead atoms. The van der Waals surface area contributed by atoms with Crippen molar-refractivity contribution in [2.75, 3.05) is 11.9 Å². The normalized spacial score (nSPS) is 11.0. The second-order valence-electron chi connectivity index (χ2n) is 6.34. The van der Waals surface area contributed by atoms with Crippen LogP contribution in [0.2, 0.25) is 5.02 Å². The summed E-state index contributed by atoms with van der Waals surface area (Å²) in [5.74, 6) is -2.05. The Morgan fingerprint density at radius 2 is 1.79 bits per heavy atom. The molecule has 9 heteroatoms. The molecule has 0 saturated heterocycles. The summed E-state index contributed by atoms with van der Waals surface area (Å²) in [5, 5.41) is 2.98. The van der Waals surface area contributed by atoms with Gasteiger partial charge < -0.3 is 19.6 Å². The van der Waals surface area contributed by atoms with E-state index in [0.717, 1.165) is 0 Å². The molecule has 150 valence electrons. The van der Waals surface area contributed by atoms with Crippen LogP contribution < -0.4 is 15.8 Å². The van der Waals surface area contributed by atoms with Crippen LogP contribution in [-0.2, 0) is 9.53 Å². The minimum Gasteiger partial charge on any atom is -0.478 e. The van der Waals surface area contributed by atoms with Crippen LogP contribution in [0.4, 0.5) is 5.88 Å². The van der Waals surface area contributed by atoms with Crippen molar-refractivity contribution in [3.05, 3.63) is 46.2 Å². The lowest BCUT2D eigenvalue weighted by atomic mass is 10.1. The number of esters is 1.